The van der Waals surface area contributed by atoms with Crippen molar-refractivity contribution in [1.29, 1.82) is 0 Å². The second-order valence-corrected chi connectivity index (χ2v) is 13.2. The smallest absolute Gasteiger partial charge is 0.273 e. The minimum Gasteiger partial charge on any atom is -0.361 e. The molecule has 0 bridgehead atoms. The fourth-order valence-electron chi connectivity index (χ4n) is 2.19. The molecule has 0 aliphatic rings. The lowest BCUT2D eigenvalue weighted by Gasteiger charge is -2.16. The zero-order chi connectivity index (χ0) is 16.5. The van der Waals surface area contributed by atoms with Gasteiger partial charge in [0.25, 0.3) is 5.56 Å². The van der Waals surface area contributed by atoms with E-state index in [0.717, 1.165) is 24.0 Å². The van der Waals surface area contributed by atoms with Crippen LogP contribution in [0.15, 0.2) is 15.5 Å². The third-order valence-electron chi connectivity index (χ3n) is 3.65. The molecule has 7 heteroatoms. The molecule has 5 nitrogen and oxygen atoms in total. The van der Waals surface area contributed by atoms with Crippen LogP contribution >= 0.6 is 15.9 Å². The predicted octanol–water partition coefficient (Wildman–Crippen LogP) is 3.44. The van der Waals surface area contributed by atoms with Crippen molar-refractivity contribution < 1.29 is 4.74 Å². The summed E-state index contributed by atoms with van der Waals surface area (Å²) < 4.78 is 9.90. The van der Waals surface area contributed by atoms with Gasteiger partial charge in [-0.05, 0) is 35.3 Å². The zero-order valence-electron chi connectivity index (χ0n) is 13.9. The quantitative estimate of drug-likeness (QED) is 0.565. The van der Waals surface area contributed by atoms with Gasteiger partial charge < -0.3 is 4.74 Å². The number of rotatable bonds is 6. The van der Waals surface area contributed by atoms with E-state index in [1.54, 1.807) is 4.40 Å². The summed E-state index contributed by atoms with van der Waals surface area (Å²) in [5.74, 6) is 0.649. The fraction of sp³-hybridized carbons (Fsp3) is 0.600. The van der Waals surface area contributed by atoms with E-state index in [1.807, 2.05) is 24.6 Å². The van der Waals surface area contributed by atoms with Gasteiger partial charge in [0.2, 0.25) is 5.78 Å². The molecule has 22 heavy (non-hydrogen) atoms. The van der Waals surface area contributed by atoms with Gasteiger partial charge in [-0.2, -0.15) is 0 Å². The molecule has 0 unspecified atom stereocenters. The molecule has 2 rings (SSSR count). The van der Waals surface area contributed by atoms with Crippen molar-refractivity contribution in [3.8, 4) is 0 Å². The Morgan fingerprint density at radius 3 is 2.64 bits per heavy atom. The van der Waals surface area contributed by atoms with Crippen molar-refractivity contribution >= 4 is 29.8 Å². The van der Waals surface area contributed by atoms with Gasteiger partial charge in [-0.1, -0.05) is 26.6 Å². The van der Waals surface area contributed by atoms with Gasteiger partial charge in [-0.15, -0.1) is 0 Å². The van der Waals surface area contributed by atoms with Crippen LogP contribution in [0.25, 0.3) is 5.78 Å². The van der Waals surface area contributed by atoms with Gasteiger partial charge in [-0.3, -0.25) is 13.8 Å². The number of halogens is 1. The Bertz CT molecular complexity index is 731. The Kier molecular flexibility index (Phi) is 5.29. The molecule has 0 amide bonds. The zero-order valence-corrected chi connectivity index (χ0v) is 16.5. The molecular weight excluding hydrogens is 362 g/mol. The van der Waals surface area contributed by atoms with Crippen LogP contribution in [0.1, 0.15) is 18.3 Å². The number of nitrogens with zero attached hydrogens (tertiary/aromatic N) is 3. The van der Waals surface area contributed by atoms with Gasteiger partial charge in [0.05, 0.1) is 5.69 Å². The van der Waals surface area contributed by atoms with E-state index in [0.29, 0.717) is 23.4 Å². The first kappa shape index (κ1) is 17.4. The van der Waals surface area contributed by atoms with Gasteiger partial charge in [0.1, 0.15) is 11.2 Å². The van der Waals surface area contributed by atoms with Crippen LogP contribution in [0.4, 0.5) is 0 Å². The van der Waals surface area contributed by atoms with Crippen LogP contribution < -0.4 is 5.56 Å². The third-order valence-corrected chi connectivity index (χ3v) is 6.15. The van der Waals surface area contributed by atoms with Crippen molar-refractivity contribution in [3.63, 3.8) is 0 Å². The Hall–Kier alpha value is -0.923. The summed E-state index contributed by atoms with van der Waals surface area (Å²) >= 11 is 3.35. The largest absolute Gasteiger partial charge is 0.361 e. The van der Waals surface area contributed by atoms with Crippen molar-refractivity contribution in [1.82, 2.24) is 14.0 Å². The first-order chi connectivity index (χ1) is 10.2. The van der Waals surface area contributed by atoms with Crippen LogP contribution in [0.2, 0.25) is 25.7 Å². The number of imidazole rings is 1. The lowest BCUT2D eigenvalue weighted by Crippen LogP contribution is -2.22. The molecule has 0 atom stereocenters. The number of aryl methyl sites for hydroxylation is 2. The van der Waals surface area contributed by atoms with E-state index in [-0.39, 0.29) is 5.56 Å². The summed E-state index contributed by atoms with van der Waals surface area (Å²) in [7, 11) is -1.09. The second kappa shape index (κ2) is 6.68. The first-order valence-corrected chi connectivity index (χ1v) is 12.1. The summed E-state index contributed by atoms with van der Waals surface area (Å²) in [6, 6.07) is 1.13. The molecule has 0 saturated heterocycles. The first-order valence-electron chi connectivity index (χ1n) is 7.59. The van der Waals surface area contributed by atoms with E-state index in [1.165, 1.54) is 0 Å². The number of aromatic nitrogens is 3. The van der Waals surface area contributed by atoms with Crippen LogP contribution in [0, 0.1) is 6.92 Å². The highest BCUT2D eigenvalue weighted by molar-refractivity contribution is 9.10. The minimum atomic E-state index is -1.09. The maximum atomic E-state index is 12.4. The van der Waals surface area contributed by atoms with Gasteiger partial charge in [-0.25, -0.2) is 4.98 Å². The number of fused-ring (bicyclic) bond motifs is 1. The predicted molar refractivity (Wildman–Crippen MR) is 95.4 cm³/mol. The number of hydrogen-bond acceptors (Lipinski definition) is 3. The monoisotopic (exact) mass is 385 g/mol. The number of ether oxygens (including phenoxy) is 1. The molecule has 0 fully saturated rings. The van der Waals surface area contributed by atoms with Gasteiger partial charge in [0.15, 0.2) is 0 Å². The van der Waals surface area contributed by atoms with Crippen molar-refractivity contribution in [2.45, 2.75) is 52.7 Å². The summed E-state index contributed by atoms with van der Waals surface area (Å²) in [6.45, 7) is 12.1. The van der Waals surface area contributed by atoms with Gasteiger partial charge >= 0.3 is 0 Å². The second-order valence-electron chi connectivity index (χ2n) is 6.75. The SMILES string of the molecule is CCc1nc2n(COCC[Si](C)(C)C)c(C)cn2c(=O)c1Br. The molecule has 0 aliphatic carbocycles. The van der Waals surface area contributed by atoms with Crippen molar-refractivity contribution in [2.24, 2.45) is 0 Å². The Labute approximate surface area is 140 Å². The molecular formula is C15H24BrN3O2Si. The van der Waals surface area contributed by atoms with Crippen LogP contribution in [0.3, 0.4) is 0 Å². The lowest BCUT2D eigenvalue weighted by molar-refractivity contribution is 0.0883. The number of hydrogen-bond donors (Lipinski definition) is 0. The fourth-order valence-corrected chi connectivity index (χ4v) is 3.51. The Balaban J connectivity index is 2.28. The molecule has 2 aromatic heterocycles. The maximum absolute atomic E-state index is 12.4. The standard InChI is InChI=1S/C15H24BrN3O2Si/c1-6-12-13(16)14(20)18-9-11(2)19(15(18)17-12)10-21-7-8-22(3,4)5/h9H,6-8,10H2,1-5H3. The van der Waals surface area contributed by atoms with Crippen LogP contribution in [-0.4, -0.2) is 28.6 Å². The highest BCUT2D eigenvalue weighted by Crippen LogP contribution is 2.15. The molecule has 0 aliphatic heterocycles. The normalized spacial score (nSPS) is 12.3. The van der Waals surface area contributed by atoms with Crippen molar-refractivity contribution in [3.05, 3.63) is 32.4 Å². The van der Waals surface area contributed by atoms with Gasteiger partial charge in [0, 0.05) is 26.6 Å². The average molecular weight is 386 g/mol. The summed E-state index contributed by atoms with van der Waals surface area (Å²) in [5.41, 5.74) is 1.69. The summed E-state index contributed by atoms with van der Waals surface area (Å²) in [6.07, 6.45) is 2.53. The van der Waals surface area contributed by atoms with E-state index >= 15 is 0 Å². The lowest BCUT2D eigenvalue weighted by atomic mass is 10.3. The van der Waals surface area contributed by atoms with E-state index in [4.69, 9.17) is 4.74 Å². The highest BCUT2D eigenvalue weighted by Gasteiger charge is 2.15. The topological polar surface area (TPSA) is 48.5 Å². The summed E-state index contributed by atoms with van der Waals surface area (Å²) in [4.78, 5) is 17.0. The van der Waals surface area contributed by atoms with E-state index < -0.39 is 8.07 Å². The summed E-state index contributed by atoms with van der Waals surface area (Å²) in [5, 5.41) is 0. The third kappa shape index (κ3) is 3.69. The molecule has 0 aromatic carbocycles. The maximum Gasteiger partial charge on any atom is 0.273 e. The highest BCUT2D eigenvalue weighted by atomic mass is 79.9. The molecule has 122 valence electrons. The van der Waals surface area contributed by atoms with E-state index in [9.17, 15) is 4.79 Å². The molecule has 2 heterocycles. The average Bonchev–Trinajstić information content (AvgIpc) is 2.74. The van der Waals surface area contributed by atoms with E-state index in [2.05, 4.69) is 40.6 Å². The van der Waals surface area contributed by atoms with Crippen molar-refractivity contribution in [2.75, 3.05) is 6.61 Å². The molecule has 2 aromatic rings. The molecule has 0 N–H and O–H groups in total. The molecule has 0 saturated carbocycles. The van der Waals surface area contributed by atoms with Crippen LogP contribution in [0.5, 0.6) is 0 Å². The Morgan fingerprint density at radius 2 is 2.05 bits per heavy atom. The Morgan fingerprint density at radius 1 is 1.36 bits per heavy atom. The molecule has 0 spiro atoms. The van der Waals surface area contributed by atoms with Crippen LogP contribution in [-0.2, 0) is 17.9 Å². The molecule has 0 radical (unpaired) electrons. The minimum absolute atomic E-state index is 0.0641.